The average Bonchev–Trinajstić information content (AvgIpc) is 2.58. The van der Waals surface area contributed by atoms with Crippen LogP contribution >= 0.6 is 0 Å². The summed E-state index contributed by atoms with van der Waals surface area (Å²) in [6.07, 6.45) is 0. The summed E-state index contributed by atoms with van der Waals surface area (Å²) in [6, 6.07) is 5.53. The number of esters is 2. The molecule has 0 saturated heterocycles. The zero-order chi connectivity index (χ0) is 17.1. The van der Waals surface area contributed by atoms with Crippen LogP contribution in [0.25, 0.3) is 0 Å². The molecule has 0 aromatic heterocycles. The minimum Gasteiger partial charge on any atom is -0.466 e. The second kappa shape index (κ2) is 6.51. The summed E-state index contributed by atoms with van der Waals surface area (Å²) in [5.41, 5.74) is 1.91. The molecule has 1 aliphatic rings. The van der Waals surface area contributed by atoms with E-state index in [0.29, 0.717) is 22.4 Å². The summed E-state index contributed by atoms with van der Waals surface area (Å²) in [4.78, 5) is 37.0. The summed E-state index contributed by atoms with van der Waals surface area (Å²) in [5.74, 6) is -0.972. The van der Waals surface area contributed by atoms with Crippen molar-refractivity contribution in [3.05, 3.63) is 46.7 Å². The number of urea groups is 1. The Kier molecular flexibility index (Phi) is 4.68. The lowest BCUT2D eigenvalue weighted by Crippen LogP contribution is -2.46. The zero-order valence-corrected chi connectivity index (χ0v) is 13.4. The van der Waals surface area contributed by atoms with E-state index < -0.39 is 18.0 Å². The van der Waals surface area contributed by atoms with E-state index in [1.165, 1.54) is 19.1 Å². The van der Waals surface area contributed by atoms with Gasteiger partial charge in [0.2, 0.25) is 0 Å². The lowest BCUT2D eigenvalue weighted by molar-refractivity contribution is -0.136. The summed E-state index contributed by atoms with van der Waals surface area (Å²) in [5, 5.41) is 2.75. The number of carbonyl (C=O) groups is 3. The number of amides is 2. The molecule has 7 heteroatoms. The first-order chi connectivity index (χ1) is 10.9. The molecule has 1 atom stereocenters. The number of benzene rings is 1. The monoisotopic (exact) mass is 318 g/mol. The van der Waals surface area contributed by atoms with Gasteiger partial charge >= 0.3 is 18.0 Å². The predicted octanol–water partition coefficient (Wildman–Crippen LogP) is 1.62. The van der Waals surface area contributed by atoms with E-state index in [-0.39, 0.29) is 6.03 Å². The molecule has 1 aromatic carbocycles. The van der Waals surface area contributed by atoms with Gasteiger partial charge in [-0.15, -0.1) is 0 Å². The van der Waals surface area contributed by atoms with Crippen molar-refractivity contribution in [2.75, 3.05) is 21.3 Å². The molecule has 0 saturated carbocycles. The highest BCUT2D eigenvalue weighted by Gasteiger charge is 2.34. The lowest BCUT2D eigenvalue weighted by Gasteiger charge is -2.33. The summed E-state index contributed by atoms with van der Waals surface area (Å²) in [7, 11) is 4.16. The highest BCUT2D eigenvalue weighted by atomic mass is 16.5. The third kappa shape index (κ3) is 3.03. The van der Waals surface area contributed by atoms with Crippen molar-refractivity contribution in [2.24, 2.45) is 0 Å². The number of carbonyl (C=O) groups excluding carboxylic acids is 3. The number of rotatable bonds is 3. The summed E-state index contributed by atoms with van der Waals surface area (Å²) >= 11 is 0. The van der Waals surface area contributed by atoms with Crippen LogP contribution in [0.1, 0.15) is 28.9 Å². The Morgan fingerprint density at radius 2 is 1.65 bits per heavy atom. The quantitative estimate of drug-likeness (QED) is 0.856. The summed E-state index contributed by atoms with van der Waals surface area (Å²) < 4.78 is 9.47. The van der Waals surface area contributed by atoms with Gasteiger partial charge in [0, 0.05) is 12.7 Å². The van der Waals surface area contributed by atoms with Crippen LogP contribution in [0.15, 0.2) is 35.5 Å². The van der Waals surface area contributed by atoms with Gasteiger partial charge < -0.3 is 19.7 Å². The molecular weight excluding hydrogens is 300 g/mol. The minimum absolute atomic E-state index is 0.322. The Labute approximate surface area is 133 Å². The molecule has 0 aliphatic carbocycles. The maximum Gasteiger partial charge on any atom is 0.337 e. The van der Waals surface area contributed by atoms with Gasteiger partial charge in [0.25, 0.3) is 0 Å². The number of hydrogen-bond donors (Lipinski definition) is 1. The van der Waals surface area contributed by atoms with Crippen molar-refractivity contribution in [2.45, 2.75) is 13.0 Å². The van der Waals surface area contributed by atoms with E-state index in [1.807, 2.05) is 0 Å². The van der Waals surface area contributed by atoms with Gasteiger partial charge in [-0.05, 0) is 24.6 Å². The van der Waals surface area contributed by atoms with Crippen LogP contribution in [0.3, 0.4) is 0 Å². The fraction of sp³-hybridized carbons (Fsp3) is 0.312. The Hall–Kier alpha value is -2.83. The smallest absolute Gasteiger partial charge is 0.337 e. The maximum atomic E-state index is 12.1. The normalized spacial score (nSPS) is 17.7. The topological polar surface area (TPSA) is 84.9 Å². The molecule has 2 amide bonds. The molecular formula is C16H18N2O5. The predicted molar refractivity (Wildman–Crippen MR) is 81.5 cm³/mol. The minimum atomic E-state index is -0.641. The van der Waals surface area contributed by atoms with Crippen molar-refractivity contribution in [3.8, 4) is 0 Å². The van der Waals surface area contributed by atoms with Gasteiger partial charge in [0.05, 0.1) is 31.4 Å². The Morgan fingerprint density at radius 3 is 2.17 bits per heavy atom. The number of nitrogens with zero attached hydrogens (tertiary/aromatic N) is 1. The Bertz CT molecular complexity index is 678. The van der Waals surface area contributed by atoms with Crippen LogP contribution in [-0.4, -0.2) is 44.1 Å². The van der Waals surface area contributed by atoms with Crippen LogP contribution < -0.4 is 5.32 Å². The number of allylic oxidation sites excluding steroid dienone is 1. The fourth-order valence-electron chi connectivity index (χ4n) is 2.39. The molecule has 0 bridgehead atoms. The Morgan fingerprint density at radius 1 is 1.09 bits per heavy atom. The fourth-order valence-corrected chi connectivity index (χ4v) is 2.39. The van der Waals surface area contributed by atoms with Crippen molar-refractivity contribution >= 4 is 18.0 Å². The molecule has 1 aliphatic heterocycles. The van der Waals surface area contributed by atoms with Crippen molar-refractivity contribution in [3.63, 3.8) is 0 Å². The first kappa shape index (κ1) is 16.5. The molecule has 0 spiro atoms. The van der Waals surface area contributed by atoms with E-state index >= 15 is 0 Å². The van der Waals surface area contributed by atoms with Gasteiger partial charge in [0.15, 0.2) is 0 Å². The molecule has 1 aromatic rings. The van der Waals surface area contributed by atoms with Crippen LogP contribution in [0.2, 0.25) is 0 Å². The second-order valence-corrected chi connectivity index (χ2v) is 5.05. The van der Waals surface area contributed by atoms with E-state index in [9.17, 15) is 14.4 Å². The lowest BCUT2D eigenvalue weighted by atomic mass is 9.94. The van der Waals surface area contributed by atoms with Crippen LogP contribution in [0, 0.1) is 0 Å². The molecule has 7 nitrogen and oxygen atoms in total. The molecule has 0 unspecified atom stereocenters. The molecule has 122 valence electrons. The van der Waals surface area contributed by atoms with Gasteiger partial charge in [0.1, 0.15) is 0 Å². The molecule has 1 N–H and O–H groups in total. The number of ether oxygens (including phenoxy) is 2. The SMILES string of the molecule is COC(=O)C1=C(C)N(C)C(=O)N[C@H]1c1ccc(C(=O)OC)cc1. The van der Waals surface area contributed by atoms with Crippen LogP contribution in [0.4, 0.5) is 4.79 Å². The maximum absolute atomic E-state index is 12.1. The molecule has 1 heterocycles. The van der Waals surface area contributed by atoms with Crippen LogP contribution in [-0.2, 0) is 14.3 Å². The Balaban J connectivity index is 2.45. The largest absolute Gasteiger partial charge is 0.466 e. The number of nitrogens with one attached hydrogen (secondary N) is 1. The molecule has 2 rings (SSSR count). The van der Waals surface area contributed by atoms with Crippen molar-refractivity contribution < 1.29 is 23.9 Å². The molecule has 0 radical (unpaired) electrons. The van der Waals surface area contributed by atoms with Gasteiger partial charge in [-0.1, -0.05) is 12.1 Å². The molecule has 0 fully saturated rings. The first-order valence-electron chi connectivity index (χ1n) is 6.92. The standard InChI is InChI=1S/C16H18N2O5/c1-9-12(15(20)23-4)13(17-16(21)18(9)2)10-5-7-11(8-6-10)14(19)22-3/h5-8,13H,1-4H3,(H,17,21)/t13-/m0/s1. The van der Waals surface area contributed by atoms with E-state index in [2.05, 4.69) is 10.1 Å². The van der Waals surface area contributed by atoms with Crippen molar-refractivity contribution in [1.29, 1.82) is 0 Å². The van der Waals surface area contributed by atoms with E-state index in [0.717, 1.165) is 0 Å². The molecule has 23 heavy (non-hydrogen) atoms. The first-order valence-corrected chi connectivity index (χ1v) is 6.92. The van der Waals surface area contributed by atoms with Gasteiger partial charge in [-0.2, -0.15) is 0 Å². The average molecular weight is 318 g/mol. The van der Waals surface area contributed by atoms with Gasteiger partial charge in [-0.25, -0.2) is 14.4 Å². The van der Waals surface area contributed by atoms with E-state index in [4.69, 9.17) is 4.74 Å². The highest BCUT2D eigenvalue weighted by molar-refractivity contribution is 5.95. The van der Waals surface area contributed by atoms with Crippen LogP contribution in [0.5, 0.6) is 0 Å². The van der Waals surface area contributed by atoms with E-state index in [1.54, 1.807) is 38.2 Å². The summed E-state index contributed by atoms with van der Waals surface area (Å²) in [6.45, 7) is 1.68. The van der Waals surface area contributed by atoms with Gasteiger partial charge in [-0.3, -0.25) is 0 Å². The van der Waals surface area contributed by atoms with Crippen molar-refractivity contribution in [1.82, 2.24) is 10.2 Å². The number of hydrogen-bond acceptors (Lipinski definition) is 5. The third-order valence-corrected chi connectivity index (χ3v) is 3.82. The third-order valence-electron chi connectivity index (χ3n) is 3.82. The number of methoxy groups -OCH3 is 2. The highest BCUT2D eigenvalue weighted by Crippen LogP contribution is 2.30. The second-order valence-electron chi connectivity index (χ2n) is 5.05. The zero-order valence-electron chi connectivity index (χ0n) is 13.4.